The van der Waals surface area contributed by atoms with Crippen molar-refractivity contribution in [2.45, 2.75) is 13.5 Å². The maximum absolute atomic E-state index is 12.8. The molecule has 0 spiro atoms. The molecule has 1 N–H and O–H groups in total. The summed E-state index contributed by atoms with van der Waals surface area (Å²) in [6.07, 6.45) is 1.69. The Labute approximate surface area is 156 Å². The van der Waals surface area contributed by atoms with Crippen molar-refractivity contribution in [1.82, 2.24) is 4.57 Å². The first-order valence-electron chi connectivity index (χ1n) is 8.57. The topological polar surface area (TPSA) is 69.6 Å². The number of fused-ring (bicyclic) bond motifs is 1. The van der Waals surface area contributed by atoms with Gasteiger partial charge in [-0.2, -0.15) is 0 Å². The molecule has 27 heavy (non-hydrogen) atoms. The second-order valence-corrected chi connectivity index (χ2v) is 6.30. The number of pyridine rings is 1. The van der Waals surface area contributed by atoms with Gasteiger partial charge in [0.1, 0.15) is 5.56 Å². The van der Waals surface area contributed by atoms with Gasteiger partial charge in [-0.1, -0.05) is 24.3 Å². The number of amides is 1. The van der Waals surface area contributed by atoms with Crippen LogP contribution in [0.15, 0.2) is 65.6 Å². The van der Waals surface area contributed by atoms with E-state index in [1.165, 1.54) is 10.6 Å². The number of ether oxygens (including phenoxy) is 2. The fraction of sp³-hybridized carbons (Fsp3) is 0.143. The van der Waals surface area contributed by atoms with E-state index in [2.05, 4.69) is 5.32 Å². The third-order valence-corrected chi connectivity index (χ3v) is 4.50. The number of aryl methyl sites for hydroxylation is 1. The number of benzene rings is 2. The van der Waals surface area contributed by atoms with Crippen LogP contribution < -0.4 is 20.3 Å². The van der Waals surface area contributed by atoms with Gasteiger partial charge < -0.3 is 19.4 Å². The molecule has 6 nitrogen and oxygen atoms in total. The molecule has 4 rings (SSSR count). The molecule has 0 radical (unpaired) electrons. The fourth-order valence-electron chi connectivity index (χ4n) is 2.98. The van der Waals surface area contributed by atoms with E-state index in [1.54, 1.807) is 30.5 Å². The van der Waals surface area contributed by atoms with Crippen LogP contribution in [0.4, 0.5) is 5.69 Å². The van der Waals surface area contributed by atoms with Gasteiger partial charge in [0.2, 0.25) is 6.79 Å². The van der Waals surface area contributed by atoms with Crippen LogP contribution in [0.2, 0.25) is 0 Å². The van der Waals surface area contributed by atoms with Crippen LogP contribution in [0.5, 0.6) is 11.5 Å². The number of nitrogens with one attached hydrogen (secondary N) is 1. The molecule has 0 unspecified atom stereocenters. The maximum Gasteiger partial charge on any atom is 0.263 e. The monoisotopic (exact) mass is 362 g/mol. The first kappa shape index (κ1) is 16.9. The highest BCUT2D eigenvalue weighted by molar-refractivity contribution is 6.04. The van der Waals surface area contributed by atoms with E-state index < -0.39 is 5.91 Å². The minimum atomic E-state index is -0.460. The minimum Gasteiger partial charge on any atom is -0.454 e. The van der Waals surface area contributed by atoms with E-state index in [4.69, 9.17) is 9.47 Å². The molecule has 6 heteroatoms. The van der Waals surface area contributed by atoms with Crippen LogP contribution in [0.1, 0.15) is 21.5 Å². The number of nitrogens with zero attached hydrogens (tertiary/aromatic N) is 1. The van der Waals surface area contributed by atoms with E-state index >= 15 is 0 Å². The van der Waals surface area contributed by atoms with Gasteiger partial charge in [0, 0.05) is 18.0 Å². The number of hydrogen-bond donors (Lipinski definition) is 1. The Hall–Kier alpha value is -3.54. The molecule has 0 aliphatic carbocycles. The van der Waals surface area contributed by atoms with E-state index in [1.807, 2.05) is 31.2 Å². The molecule has 1 aliphatic rings. The number of hydrogen-bond acceptors (Lipinski definition) is 4. The quantitative estimate of drug-likeness (QED) is 0.774. The highest BCUT2D eigenvalue weighted by Crippen LogP contribution is 2.34. The van der Waals surface area contributed by atoms with Gasteiger partial charge >= 0.3 is 0 Å². The van der Waals surface area contributed by atoms with Crippen molar-refractivity contribution in [2.75, 3.05) is 12.1 Å². The lowest BCUT2D eigenvalue weighted by atomic mass is 10.1. The first-order valence-corrected chi connectivity index (χ1v) is 8.57. The predicted octanol–water partition coefficient (Wildman–Crippen LogP) is 3.19. The lowest BCUT2D eigenvalue weighted by Crippen LogP contribution is -2.29. The second kappa shape index (κ2) is 6.99. The molecule has 136 valence electrons. The zero-order valence-corrected chi connectivity index (χ0v) is 14.8. The van der Waals surface area contributed by atoms with Gasteiger partial charge in [-0.25, -0.2) is 0 Å². The largest absolute Gasteiger partial charge is 0.454 e. The van der Waals surface area contributed by atoms with Gasteiger partial charge in [0.25, 0.3) is 11.5 Å². The molecule has 2 aromatic carbocycles. The van der Waals surface area contributed by atoms with Crippen LogP contribution in [0.3, 0.4) is 0 Å². The van der Waals surface area contributed by atoms with Crippen LogP contribution in [0, 0.1) is 6.92 Å². The molecule has 2 heterocycles. The summed E-state index contributed by atoms with van der Waals surface area (Å²) in [5.41, 5.74) is 2.42. The van der Waals surface area contributed by atoms with E-state index in [0.29, 0.717) is 23.7 Å². The average molecular weight is 362 g/mol. The molecular formula is C21H18N2O4. The maximum atomic E-state index is 12.8. The van der Waals surface area contributed by atoms with Crippen LogP contribution in [-0.2, 0) is 6.54 Å². The summed E-state index contributed by atoms with van der Waals surface area (Å²) in [5, 5.41) is 2.74. The summed E-state index contributed by atoms with van der Waals surface area (Å²) >= 11 is 0. The predicted molar refractivity (Wildman–Crippen MR) is 102 cm³/mol. The number of rotatable bonds is 4. The van der Waals surface area contributed by atoms with Gasteiger partial charge in [-0.05, 0) is 42.3 Å². The van der Waals surface area contributed by atoms with Crippen molar-refractivity contribution in [1.29, 1.82) is 0 Å². The average Bonchev–Trinajstić information content (AvgIpc) is 3.13. The van der Waals surface area contributed by atoms with Crippen LogP contribution >= 0.6 is 0 Å². The van der Waals surface area contributed by atoms with Crippen molar-refractivity contribution in [3.63, 3.8) is 0 Å². The van der Waals surface area contributed by atoms with E-state index in [-0.39, 0.29) is 17.9 Å². The highest BCUT2D eigenvalue weighted by Gasteiger charge is 2.16. The SMILES string of the molecule is Cc1ccccc1Cn1cccc(C(=O)Nc2ccc3c(c2)OCO3)c1=O. The molecule has 0 saturated carbocycles. The number of anilines is 1. The number of aromatic nitrogens is 1. The first-order chi connectivity index (χ1) is 13.1. The van der Waals surface area contributed by atoms with Crippen molar-refractivity contribution in [3.05, 3.63) is 87.8 Å². The molecule has 0 atom stereocenters. The third kappa shape index (κ3) is 3.42. The Morgan fingerprint density at radius 1 is 1.07 bits per heavy atom. The van der Waals surface area contributed by atoms with Crippen molar-refractivity contribution in [3.8, 4) is 11.5 Å². The summed E-state index contributed by atoms with van der Waals surface area (Å²) in [5.74, 6) is 0.740. The summed E-state index contributed by atoms with van der Waals surface area (Å²) in [6.45, 7) is 2.57. The molecule has 1 amide bonds. The lowest BCUT2D eigenvalue weighted by molar-refractivity contribution is 0.102. The standard InChI is InChI=1S/C21H18N2O4/c1-14-5-2-3-6-15(14)12-23-10-4-7-17(21(23)25)20(24)22-16-8-9-18-19(11-16)27-13-26-18/h2-11H,12-13H2,1H3,(H,22,24). The van der Waals surface area contributed by atoms with Crippen LogP contribution in [0.25, 0.3) is 0 Å². The Morgan fingerprint density at radius 2 is 1.89 bits per heavy atom. The third-order valence-electron chi connectivity index (χ3n) is 4.50. The number of carbonyl (C=O) groups is 1. The van der Waals surface area contributed by atoms with E-state index in [0.717, 1.165) is 11.1 Å². The second-order valence-electron chi connectivity index (χ2n) is 6.30. The Morgan fingerprint density at radius 3 is 2.74 bits per heavy atom. The molecule has 3 aromatic rings. The van der Waals surface area contributed by atoms with Gasteiger partial charge in [0.05, 0.1) is 6.54 Å². The zero-order chi connectivity index (χ0) is 18.8. The molecular weight excluding hydrogens is 344 g/mol. The minimum absolute atomic E-state index is 0.0868. The van der Waals surface area contributed by atoms with Gasteiger partial charge in [0.15, 0.2) is 11.5 Å². The summed E-state index contributed by atoms with van der Waals surface area (Å²) in [7, 11) is 0. The molecule has 0 bridgehead atoms. The normalized spacial score (nSPS) is 12.0. The zero-order valence-electron chi connectivity index (χ0n) is 14.8. The fourth-order valence-corrected chi connectivity index (χ4v) is 2.98. The van der Waals surface area contributed by atoms with E-state index in [9.17, 15) is 9.59 Å². The Kier molecular flexibility index (Phi) is 4.38. The smallest absolute Gasteiger partial charge is 0.263 e. The van der Waals surface area contributed by atoms with Crippen molar-refractivity contribution in [2.24, 2.45) is 0 Å². The van der Waals surface area contributed by atoms with Crippen LogP contribution in [-0.4, -0.2) is 17.3 Å². The lowest BCUT2D eigenvalue weighted by Gasteiger charge is -2.11. The highest BCUT2D eigenvalue weighted by atomic mass is 16.7. The van der Waals surface area contributed by atoms with Gasteiger partial charge in [-0.15, -0.1) is 0 Å². The summed E-state index contributed by atoms with van der Waals surface area (Å²) in [4.78, 5) is 25.4. The molecule has 1 aliphatic heterocycles. The Balaban J connectivity index is 1.58. The molecule has 1 aromatic heterocycles. The molecule has 0 saturated heterocycles. The number of carbonyl (C=O) groups excluding carboxylic acids is 1. The van der Waals surface area contributed by atoms with Crippen molar-refractivity contribution >= 4 is 11.6 Å². The Bertz CT molecular complexity index is 1070. The van der Waals surface area contributed by atoms with Gasteiger partial charge in [-0.3, -0.25) is 9.59 Å². The van der Waals surface area contributed by atoms with Crippen molar-refractivity contribution < 1.29 is 14.3 Å². The molecule has 0 fully saturated rings. The summed E-state index contributed by atoms with van der Waals surface area (Å²) < 4.78 is 12.1. The summed E-state index contributed by atoms with van der Waals surface area (Å²) in [6, 6.07) is 16.2.